The first-order valence-corrected chi connectivity index (χ1v) is 14.6. The molecule has 214 valence electrons. The van der Waals surface area contributed by atoms with Crippen LogP contribution in [0.2, 0.25) is 0 Å². The van der Waals surface area contributed by atoms with E-state index in [2.05, 4.69) is 19.8 Å². The molecule has 3 amide bonds. The first-order chi connectivity index (χ1) is 19.7. The Bertz CT molecular complexity index is 1460. The third-order valence-corrected chi connectivity index (χ3v) is 8.61. The second-order valence-electron chi connectivity index (χ2n) is 9.50. The van der Waals surface area contributed by atoms with Crippen molar-refractivity contribution in [3.63, 3.8) is 0 Å². The molecule has 2 aliphatic heterocycles. The molecule has 1 aliphatic carbocycles. The number of allylic oxidation sites excluding steroid dienone is 2. The Morgan fingerprint density at radius 2 is 2.00 bits per heavy atom. The van der Waals surface area contributed by atoms with Crippen LogP contribution in [0.15, 0.2) is 53.1 Å². The van der Waals surface area contributed by atoms with Crippen molar-refractivity contribution < 1.29 is 33.7 Å². The Labute approximate surface area is 242 Å². The molecule has 41 heavy (non-hydrogen) atoms. The van der Waals surface area contributed by atoms with Crippen LogP contribution in [0.5, 0.6) is 0 Å². The van der Waals surface area contributed by atoms with Crippen molar-refractivity contribution in [3.8, 4) is 0 Å². The molecule has 6 N–H and O–H groups in total. The van der Waals surface area contributed by atoms with Crippen LogP contribution in [0.4, 0.5) is 5.13 Å². The van der Waals surface area contributed by atoms with Gasteiger partial charge in [-0.2, -0.15) is 9.36 Å². The number of pyridine rings is 1. The van der Waals surface area contributed by atoms with Crippen molar-refractivity contribution in [3.05, 3.63) is 59.3 Å². The molecule has 1 unspecified atom stereocenters. The number of carboxylic acid groups (broad SMARTS) is 1. The Hall–Kier alpha value is -4.31. The van der Waals surface area contributed by atoms with E-state index in [0.717, 1.165) is 37.2 Å². The fourth-order valence-corrected chi connectivity index (χ4v) is 6.43. The number of rotatable bonds is 10. The zero-order valence-electron chi connectivity index (χ0n) is 21.6. The average Bonchev–Trinajstić information content (AvgIpc) is 3.63. The van der Waals surface area contributed by atoms with E-state index < -0.39 is 35.1 Å². The van der Waals surface area contributed by atoms with E-state index in [0.29, 0.717) is 23.4 Å². The summed E-state index contributed by atoms with van der Waals surface area (Å²) in [5.41, 5.74) is 11.5. The van der Waals surface area contributed by atoms with E-state index in [4.69, 9.17) is 16.3 Å². The van der Waals surface area contributed by atoms with Crippen molar-refractivity contribution in [2.45, 2.75) is 49.7 Å². The summed E-state index contributed by atoms with van der Waals surface area (Å²) < 4.78 is 5.84. The number of anilines is 1. The van der Waals surface area contributed by atoms with Gasteiger partial charge < -0.3 is 26.7 Å². The van der Waals surface area contributed by atoms with Crippen LogP contribution < -0.4 is 21.4 Å². The summed E-state index contributed by atoms with van der Waals surface area (Å²) in [5, 5.41) is 16.1. The lowest BCUT2D eigenvalue weighted by atomic mass is 10.0. The van der Waals surface area contributed by atoms with Crippen molar-refractivity contribution >= 4 is 57.8 Å². The minimum atomic E-state index is -1.25. The largest absolute Gasteiger partial charge is 0.477 e. The molecule has 1 saturated heterocycles. The number of β-lactam (4-membered cyclic amide) rings is 1. The fourth-order valence-electron chi connectivity index (χ4n) is 4.68. The maximum atomic E-state index is 13.2. The molecule has 1 saturated carbocycles. The van der Waals surface area contributed by atoms with E-state index in [9.17, 15) is 24.3 Å². The number of fused-ring (bicyclic) bond motifs is 1. The van der Waals surface area contributed by atoms with Crippen LogP contribution >= 0.6 is 23.3 Å². The number of carbonyl (C=O) groups is 4. The number of aliphatic carboxylic acids is 1. The molecule has 2 aromatic rings. The quantitative estimate of drug-likeness (QED) is 0.126. The van der Waals surface area contributed by atoms with Gasteiger partial charge in [0.25, 0.3) is 11.8 Å². The lowest BCUT2D eigenvalue weighted by Gasteiger charge is -2.49. The molecule has 0 spiro atoms. The number of carboxylic acids is 1. The van der Waals surface area contributed by atoms with Gasteiger partial charge in [0, 0.05) is 29.4 Å². The van der Waals surface area contributed by atoms with Gasteiger partial charge in [0.05, 0.1) is 5.56 Å². The standard InChI is InChI=1S/C25H26N8O6S2/c26-19(34)13-7-10-32(11-8-13)9-3-4-14-12-40-23-17(22(36)33(23)18(14)24(37)38)28-21(35)16(20-29-25(27)41-31-20)30-39-15-5-1-2-6-15/h3-4,7-8,10-11,15,17,23H,1-2,5-6,9,12H2,(H5-,26,27,28,29,31,34,35,37,38)/p+1/t17?,23-/m0/s1. The van der Waals surface area contributed by atoms with Crippen molar-refractivity contribution in [2.24, 2.45) is 10.9 Å². The summed E-state index contributed by atoms with van der Waals surface area (Å²) in [7, 11) is 0. The minimum absolute atomic E-state index is 0.0106. The number of oxime groups is 1. The zero-order chi connectivity index (χ0) is 29.1. The topological polar surface area (TPSA) is 207 Å². The summed E-state index contributed by atoms with van der Waals surface area (Å²) in [5.74, 6) is -2.76. The maximum absolute atomic E-state index is 13.2. The number of amides is 3. The minimum Gasteiger partial charge on any atom is -0.477 e. The van der Waals surface area contributed by atoms with E-state index in [1.165, 1.54) is 16.7 Å². The summed E-state index contributed by atoms with van der Waals surface area (Å²) in [4.78, 5) is 60.5. The SMILES string of the molecule is NC(=O)c1cc[n+](CC=CC2=C(C(=O)O)N3C(=O)C(NC(=O)C(=NOC4CCCC4)c4nsc(N)n4)[C@@H]3SC2)cc1. The van der Waals surface area contributed by atoms with E-state index in [1.807, 2.05) is 0 Å². The highest BCUT2D eigenvalue weighted by Gasteiger charge is 2.54. The number of carbonyl (C=O) groups excluding carboxylic acids is 3. The lowest BCUT2D eigenvalue weighted by Crippen LogP contribution is -2.71. The highest BCUT2D eigenvalue weighted by molar-refractivity contribution is 8.00. The van der Waals surface area contributed by atoms with Crippen LogP contribution in [0.1, 0.15) is 41.9 Å². The predicted molar refractivity (Wildman–Crippen MR) is 148 cm³/mol. The summed E-state index contributed by atoms with van der Waals surface area (Å²) in [6, 6.07) is 2.20. The molecule has 4 heterocycles. The van der Waals surface area contributed by atoms with Gasteiger partial charge in [0.2, 0.25) is 17.4 Å². The van der Waals surface area contributed by atoms with Gasteiger partial charge >= 0.3 is 5.97 Å². The van der Waals surface area contributed by atoms with Gasteiger partial charge in [-0.3, -0.25) is 19.3 Å². The molecule has 2 aromatic heterocycles. The number of hydrogen-bond donors (Lipinski definition) is 4. The van der Waals surface area contributed by atoms with Crippen LogP contribution in [-0.2, 0) is 25.8 Å². The Morgan fingerprint density at radius 3 is 2.63 bits per heavy atom. The van der Waals surface area contributed by atoms with Crippen LogP contribution in [0.3, 0.4) is 0 Å². The average molecular weight is 600 g/mol. The first-order valence-electron chi connectivity index (χ1n) is 12.7. The third kappa shape index (κ3) is 6.07. The zero-order valence-corrected chi connectivity index (χ0v) is 23.3. The molecule has 0 bridgehead atoms. The molecule has 0 radical (unpaired) electrons. The smallest absolute Gasteiger partial charge is 0.352 e. The fraction of sp³-hybridized carbons (Fsp3) is 0.360. The number of thioether (sulfide) groups is 1. The Morgan fingerprint density at radius 1 is 1.27 bits per heavy atom. The van der Waals surface area contributed by atoms with Crippen molar-refractivity contribution in [2.75, 3.05) is 11.5 Å². The van der Waals surface area contributed by atoms with Gasteiger partial charge in [-0.15, -0.1) is 11.8 Å². The van der Waals surface area contributed by atoms with Gasteiger partial charge in [0.1, 0.15) is 23.2 Å². The normalized spacial score (nSPS) is 21.1. The molecule has 14 nitrogen and oxygen atoms in total. The number of nitrogens with zero attached hydrogens (tertiary/aromatic N) is 5. The lowest BCUT2D eigenvalue weighted by molar-refractivity contribution is -0.687. The van der Waals surface area contributed by atoms with Crippen molar-refractivity contribution in [1.29, 1.82) is 0 Å². The molecular weight excluding hydrogens is 572 g/mol. The highest BCUT2D eigenvalue weighted by atomic mass is 32.2. The van der Waals surface area contributed by atoms with E-state index >= 15 is 0 Å². The molecule has 0 aromatic carbocycles. The van der Waals surface area contributed by atoms with Gasteiger partial charge in [-0.1, -0.05) is 11.2 Å². The van der Waals surface area contributed by atoms with Gasteiger partial charge in [-0.25, -0.2) is 9.36 Å². The van der Waals surface area contributed by atoms with E-state index in [-0.39, 0.29) is 28.5 Å². The Balaban J connectivity index is 1.28. The first kappa shape index (κ1) is 28.2. The van der Waals surface area contributed by atoms with Crippen molar-refractivity contribution in [1.82, 2.24) is 19.6 Å². The predicted octanol–water partition coefficient (Wildman–Crippen LogP) is 0.165. The molecule has 2 fully saturated rings. The second-order valence-corrected chi connectivity index (χ2v) is 11.4. The highest BCUT2D eigenvalue weighted by Crippen LogP contribution is 2.40. The number of primary amides is 1. The second kappa shape index (κ2) is 12.1. The number of nitrogen functional groups attached to an aromatic ring is 1. The Kier molecular flexibility index (Phi) is 8.30. The molecule has 2 atom stereocenters. The number of hydrogen-bond acceptors (Lipinski definition) is 11. The monoisotopic (exact) mass is 599 g/mol. The molecule has 5 rings (SSSR count). The maximum Gasteiger partial charge on any atom is 0.352 e. The molecule has 3 aliphatic rings. The van der Waals surface area contributed by atoms with Gasteiger partial charge in [-0.05, 0) is 37.3 Å². The molecular formula is C25H27N8O6S2+. The van der Waals surface area contributed by atoms with Crippen LogP contribution in [-0.4, -0.2) is 72.0 Å². The third-order valence-electron chi connectivity index (χ3n) is 6.76. The summed E-state index contributed by atoms with van der Waals surface area (Å²) >= 11 is 2.23. The summed E-state index contributed by atoms with van der Waals surface area (Å²) in [6.45, 7) is 0.399. The van der Waals surface area contributed by atoms with Gasteiger partial charge in [0.15, 0.2) is 24.1 Å². The summed E-state index contributed by atoms with van der Waals surface area (Å²) in [6.07, 6.45) is 10.3. The molecule has 16 heteroatoms. The van der Waals surface area contributed by atoms with E-state index in [1.54, 1.807) is 41.2 Å². The van der Waals surface area contributed by atoms with Crippen LogP contribution in [0, 0.1) is 0 Å². The number of nitrogens with two attached hydrogens (primary N) is 2. The number of nitrogens with one attached hydrogen (secondary N) is 1. The van der Waals surface area contributed by atoms with Crippen LogP contribution in [0.25, 0.3) is 0 Å². The number of aromatic nitrogens is 3.